The van der Waals surface area contributed by atoms with E-state index in [0.717, 1.165) is 44.0 Å². The number of aryl methyl sites for hydroxylation is 1. The fourth-order valence-electron chi connectivity index (χ4n) is 3.63. The van der Waals surface area contributed by atoms with Gasteiger partial charge in [0.1, 0.15) is 11.5 Å². The second-order valence-electron chi connectivity index (χ2n) is 8.19. The van der Waals surface area contributed by atoms with Crippen LogP contribution in [0.5, 0.6) is 0 Å². The van der Waals surface area contributed by atoms with Crippen molar-refractivity contribution in [1.82, 2.24) is 14.9 Å². The van der Waals surface area contributed by atoms with Crippen LogP contribution in [0.15, 0.2) is 35.0 Å². The van der Waals surface area contributed by atoms with E-state index in [2.05, 4.69) is 26.3 Å². The highest BCUT2D eigenvalue weighted by molar-refractivity contribution is 5.73. The maximum absolute atomic E-state index is 10.6. The van der Waals surface area contributed by atoms with Gasteiger partial charge in [0.15, 0.2) is 0 Å². The van der Waals surface area contributed by atoms with E-state index in [0.29, 0.717) is 12.6 Å². The van der Waals surface area contributed by atoms with E-state index in [1.165, 1.54) is 0 Å². The summed E-state index contributed by atoms with van der Waals surface area (Å²) in [6.07, 6.45) is -4.59. The first-order valence-electron chi connectivity index (χ1n) is 10.6. The number of halogens is 6. The van der Waals surface area contributed by atoms with E-state index in [4.69, 9.17) is 29.0 Å². The van der Waals surface area contributed by atoms with E-state index in [-0.39, 0.29) is 11.6 Å². The Bertz CT molecular complexity index is 1010. The van der Waals surface area contributed by atoms with Gasteiger partial charge in [0.2, 0.25) is 5.95 Å². The van der Waals surface area contributed by atoms with Crippen molar-refractivity contribution in [2.75, 3.05) is 25.0 Å². The summed E-state index contributed by atoms with van der Waals surface area (Å²) in [6.45, 7) is 5.57. The van der Waals surface area contributed by atoms with Gasteiger partial charge in [0.25, 0.3) is 0 Å². The van der Waals surface area contributed by atoms with Crippen molar-refractivity contribution < 1.29 is 55.3 Å². The number of alkyl halides is 6. The molecule has 0 aromatic carbocycles. The number of carboxylic acid groups (broad SMARTS) is 2. The molecule has 4 rings (SSSR count). The molecule has 2 fully saturated rings. The predicted octanol–water partition coefficient (Wildman–Crippen LogP) is 3.49. The molecule has 2 aliphatic rings. The van der Waals surface area contributed by atoms with Crippen LogP contribution in [0.1, 0.15) is 24.4 Å². The van der Waals surface area contributed by atoms with Crippen molar-refractivity contribution in [3.63, 3.8) is 0 Å². The summed E-state index contributed by atoms with van der Waals surface area (Å²) < 4.78 is 75.3. The fourth-order valence-corrected chi connectivity index (χ4v) is 3.63. The molecule has 3 N–H and O–H groups in total. The van der Waals surface area contributed by atoms with Crippen molar-refractivity contribution in [2.45, 2.75) is 50.3 Å². The molecule has 2 atom stereocenters. The fraction of sp³-hybridized carbons (Fsp3) is 0.524. The number of furan rings is 1. The number of nitrogens with zero attached hydrogens (tertiary/aromatic N) is 3. The third-order valence-corrected chi connectivity index (χ3v) is 5.16. The average molecular weight is 542 g/mol. The van der Waals surface area contributed by atoms with Crippen molar-refractivity contribution in [1.29, 1.82) is 0 Å². The first kappa shape index (κ1) is 29.8. The summed E-state index contributed by atoms with van der Waals surface area (Å²) in [7, 11) is 0. The molecule has 0 bridgehead atoms. The average Bonchev–Trinajstić information content (AvgIpc) is 3.50. The topological polar surface area (TPSA) is 138 Å². The first-order chi connectivity index (χ1) is 17.1. The van der Waals surface area contributed by atoms with Gasteiger partial charge in [-0.15, -0.1) is 0 Å². The van der Waals surface area contributed by atoms with Gasteiger partial charge in [-0.05, 0) is 31.5 Å². The number of hydrogen-bond donors (Lipinski definition) is 3. The van der Waals surface area contributed by atoms with E-state index in [1.54, 1.807) is 12.4 Å². The highest BCUT2D eigenvalue weighted by Crippen LogP contribution is 2.36. The smallest absolute Gasteiger partial charge is 0.475 e. The molecule has 10 nitrogen and oxygen atoms in total. The molecule has 0 radical (unpaired) electrons. The van der Waals surface area contributed by atoms with Gasteiger partial charge >= 0.3 is 24.3 Å². The minimum absolute atomic E-state index is 0.0336. The number of carboxylic acids is 2. The summed E-state index contributed by atoms with van der Waals surface area (Å²) in [6, 6.07) is 6.19. The zero-order valence-electron chi connectivity index (χ0n) is 19.3. The number of aliphatic carboxylic acids is 2. The van der Waals surface area contributed by atoms with Crippen molar-refractivity contribution in [3.8, 4) is 0 Å². The van der Waals surface area contributed by atoms with Gasteiger partial charge in [-0.1, -0.05) is 0 Å². The van der Waals surface area contributed by atoms with Crippen LogP contribution < -0.4 is 5.32 Å². The number of rotatable bonds is 4. The monoisotopic (exact) mass is 542 g/mol. The minimum atomic E-state index is -5.08. The molecule has 0 saturated carbocycles. The Morgan fingerprint density at radius 2 is 1.68 bits per heavy atom. The van der Waals surface area contributed by atoms with E-state index >= 15 is 0 Å². The van der Waals surface area contributed by atoms with E-state index in [9.17, 15) is 26.3 Å². The molecule has 2 aliphatic heterocycles. The van der Waals surface area contributed by atoms with E-state index < -0.39 is 24.3 Å². The largest absolute Gasteiger partial charge is 0.490 e. The molecule has 0 aliphatic carbocycles. The lowest BCUT2D eigenvalue weighted by atomic mass is 9.97. The van der Waals surface area contributed by atoms with Gasteiger partial charge in [-0.2, -0.15) is 26.3 Å². The summed E-state index contributed by atoms with van der Waals surface area (Å²) in [5, 5.41) is 17.6. The van der Waals surface area contributed by atoms with Gasteiger partial charge in [0, 0.05) is 31.9 Å². The maximum atomic E-state index is 10.6. The minimum Gasteiger partial charge on any atom is -0.475 e. The van der Waals surface area contributed by atoms with Crippen molar-refractivity contribution in [2.24, 2.45) is 0 Å². The predicted molar refractivity (Wildman–Crippen MR) is 113 cm³/mol. The molecule has 2 aromatic heterocycles. The molecule has 2 saturated heterocycles. The molecule has 0 amide bonds. The molecule has 37 heavy (non-hydrogen) atoms. The number of aromatic nitrogens is 2. The zero-order chi connectivity index (χ0) is 27.9. The zero-order valence-corrected chi connectivity index (χ0v) is 19.3. The Morgan fingerprint density at radius 3 is 2.16 bits per heavy atom. The number of carbonyl (C=O) groups is 2. The standard InChI is InChI=1S/C17H22N4O2.2C2HF3O2/c1-13-3-4-15(23-13)10-21-8-5-17(12-21)9-14(11-22-17)20-16-18-6-2-7-19-16;2*3-2(4,5)1(6)7/h2-4,6-7,14H,5,8-12H2,1H3,(H,18,19,20);2*(H,6,7). The van der Waals surface area contributed by atoms with Crippen LogP contribution in [0.3, 0.4) is 0 Å². The van der Waals surface area contributed by atoms with E-state index in [1.807, 2.05) is 19.1 Å². The van der Waals surface area contributed by atoms with Gasteiger partial charge in [-0.25, -0.2) is 19.6 Å². The summed E-state index contributed by atoms with van der Waals surface area (Å²) in [4.78, 5) is 28.7. The second kappa shape index (κ2) is 12.2. The Balaban J connectivity index is 0.000000286. The third-order valence-electron chi connectivity index (χ3n) is 5.16. The summed E-state index contributed by atoms with van der Waals surface area (Å²) >= 11 is 0. The van der Waals surface area contributed by atoms with Crippen molar-refractivity contribution in [3.05, 3.63) is 42.1 Å². The Hall–Kier alpha value is -3.40. The summed E-state index contributed by atoms with van der Waals surface area (Å²) in [5.74, 6) is -2.83. The highest BCUT2D eigenvalue weighted by atomic mass is 19.4. The van der Waals surface area contributed by atoms with Crippen LogP contribution in [-0.2, 0) is 20.9 Å². The SMILES string of the molecule is Cc1ccc(CN2CCC3(CC(Nc4ncccn4)CO3)C2)o1.O=C(O)C(F)(F)F.O=C(O)C(F)(F)F. The molecule has 2 aromatic rings. The van der Waals surface area contributed by atoms with Crippen LogP contribution in [0.25, 0.3) is 0 Å². The Labute approximate surface area is 206 Å². The van der Waals surface area contributed by atoms with Gasteiger partial charge < -0.3 is 24.7 Å². The van der Waals surface area contributed by atoms with Crippen LogP contribution in [0.2, 0.25) is 0 Å². The maximum Gasteiger partial charge on any atom is 0.490 e. The van der Waals surface area contributed by atoms with Crippen LogP contribution in [0, 0.1) is 6.92 Å². The van der Waals surface area contributed by atoms with Gasteiger partial charge in [-0.3, -0.25) is 4.90 Å². The number of nitrogens with one attached hydrogen (secondary N) is 1. The number of anilines is 1. The lowest BCUT2D eigenvalue weighted by Gasteiger charge is -2.23. The molecule has 1 spiro atoms. The van der Waals surface area contributed by atoms with Crippen LogP contribution in [0.4, 0.5) is 32.3 Å². The molecular weight excluding hydrogens is 518 g/mol. The molecule has 4 heterocycles. The Kier molecular flexibility index (Phi) is 9.86. The summed E-state index contributed by atoms with van der Waals surface area (Å²) in [5.41, 5.74) is -0.0336. The lowest BCUT2D eigenvalue weighted by Crippen LogP contribution is -2.33. The molecular formula is C21H24F6N4O6. The number of hydrogen-bond acceptors (Lipinski definition) is 8. The molecule has 2 unspecified atom stereocenters. The second-order valence-corrected chi connectivity index (χ2v) is 8.19. The highest BCUT2D eigenvalue weighted by Gasteiger charge is 2.45. The Morgan fingerprint density at radius 1 is 1.11 bits per heavy atom. The quantitative estimate of drug-likeness (QED) is 0.492. The molecule has 16 heteroatoms. The normalized spacial score (nSPS) is 21.5. The number of likely N-dealkylation sites (tertiary alicyclic amines) is 1. The van der Waals surface area contributed by atoms with Crippen LogP contribution >= 0.6 is 0 Å². The lowest BCUT2D eigenvalue weighted by molar-refractivity contribution is -0.193. The third kappa shape index (κ3) is 9.87. The number of ether oxygens (including phenoxy) is 1. The van der Waals surface area contributed by atoms with Gasteiger partial charge in [0.05, 0.1) is 24.8 Å². The molecule has 206 valence electrons. The van der Waals surface area contributed by atoms with Crippen molar-refractivity contribution >= 4 is 17.9 Å². The first-order valence-corrected chi connectivity index (χ1v) is 10.6. The van der Waals surface area contributed by atoms with Crippen LogP contribution in [-0.4, -0.2) is 80.7 Å².